The summed E-state index contributed by atoms with van der Waals surface area (Å²) in [5.74, 6) is 0.442. The fourth-order valence-corrected chi connectivity index (χ4v) is 3.10. The lowest BCUT2D eigenvalue weighted by Crippen LogP contribution is -2.29. The number of hydrogen-bond donors (Lipinski definition) is 1. The SMILES string of the molecule is CCC1COC(c2cnc(OCc3ccccc3/C(=N\OC)C(=O)NC)c(Cl)c2)=N1. The van der Waals surface area contributed by atoms with Crippen LogP contribution in [-0.2, 0) is 21.0 Å². The van der Waals surface area contributed by atoms with E-state index in [9.17, 15) is 4.79 Å². The number of oxime groups is 1. The predicted octanol–water partition coefficient (Wildman–Crippen LogP) is 2.97. The van der Waals surface area contributed by atoms with Crippen LogP contribution < -0.4 is 10.1 Å². The number of halogens is 1. The van der Waals surface area contributed by atoms with E-state index in [-0.39, 0.29) is 30.1 Å². The van der Waals surface area contributed by atoms with Gasteiger partial charge in [0.1, 0.15) is 25.3 Å². The number of hydrogen-bond acceptors (Lipinski definition) is 7. The lowest BCUT2D eigenvalue weighted by molar-refractivity contribution is -0.114. The van der Waals surface area contributed by atoms with Crippen molar-refractivity contribution in [3.05, 3.63) is 58.2 Å². The molecule has 1 N–H and O–H groups in total. The van der Waals surface area contributed by atoms with Gasteiger partial charge >= 0.3 is 0 Å². The topological polar surface area (TPSA) is 94.4 Å². The highest BCUT2D eigenvalue weighted by Crippen LogP contribution is 2.26. The second-order valence-corrected chi connectivity index (χ2v) is 6.87. The molecular weight excluding hydrogens is 408 g/mol. The van der Waals surface area contributed by atoms with Gasteiger partial charge in [-0.15, -0.1) is 0 Å². The van der Waals surface area contributed by atoms with Crippen molar-refractivity contribution in [1.82, 2.24) is 10.3 Å². The highest BCUT2D eigenvalue weighted by molar-refractivity contribution is 6.45. The summed E-state index contributed by atoms with van der Waals surface area (Å²) in [5.41, 5.74) is 2.17. The summed E-state index contributed by atoms with van der Waals surface area (Å²) in [6.45, 7) is 2.76. The molecule has 3 rings (SSSR count). The van der Waals surface area contributed by atoms with Crippen LogP contribution in [0.3, 0.4) is 0 Å². The number of nitrogens with one attached hydrogen (secondary N) is 1. The Labute approximate surface area is 179 Å². The highest BCUT2D eigenvalue weighted by atomic mass is 35.5. The maximum atomic E-state index is 12.2. The van der Waals surface area contributed by atoms with Crippen LogP contribution in [0.15, 0.2) is 46.7 Å². The summed E-state index contributed by atoms with van der Waals surface area (Å²) < 4.78 is 11.4. The molecule has 8 nitrogen and oxygen atoms in total. The predicted molar refractivity (Wildman–Crippen MR) is 114 cm³/mol. The normalized spacial score (nSPS) is 15.9. The number of rotatable bonds is 8. The fourth-order valence-electron chi connectivity index (χ4n) is 2.88. The standard InChI is InChI=1S/C21H23ClN4O4/c1-4-15-12-30-20(25-15)14-9-17(22)21(24-10-14)29-11-13-7-5-6-8-16(13)18(26-28-3)19(27)23-2/h5-10,15H,4,11-12H2,1-3H3,(H,23,27)/b26-18+. The first-order chi connectivity index (χ1) is 14.6. The van der Waals surface area contributed by atoms with E-state index in [4.69, 9.17) is 25.9 Å². The van der Waals surface area contributed by atoms with Gasteiger partial charge in [0.15, 0.2) is 5.71 Å². The lowest BCUT2D eigenvalue weighted by atomic mass is 10.0. The fraction of sp³-hybridized carbons (Fsp3) is 0.333. The Morgan fingerprint density at radius 1 is 1.40 bits per heavy atom. The van der Waals surface area contributed by atoms with Gasteiger partial charge in [-0.1, -0.05) is 47.9 Å². The Kier molecular flexibility index (Phi) is 7.24. The minimum atomic E-state index is -0.368. The minimum Gasteiger partial charge on any atom is -0.475 e. The Morgan fingerprint density at radius 3 is 2.87 bits per heavy atom. The molecule has 9 heteroatoms. The summed E-state index contributed by atoms with van der Waals surface area (Å²) in [7, 11) is 2.91. The van der Waals surface area contributed by atoms with Crippen molar-refractivity contribution in [2.24, 2.45) is 10.1 Å². The van der Waals surface area contributed by atoms with Crippen LogP contribution in [0, 0.1) is 0 Å². The largest absolute Gasteiger partial charge is 0.475 e. The van der Waals surface area contributed by atoms with E-state index in [1.54, 1.807) is 24.4 Å². The van der Waals surface area contributed by atoms with Gasteiger partial charge < -0.3 is 19.6 Å². The van der Waals surface area contributed by atoms with Crippen molar-refractivity contribution in [2.75, 3.05) is 20.8 Å². The number of aromatic nitrogens is 1. The molecule has 1 aromatic heterocycles. The molecule has 158 valence electrons. The number of carbonyl (C=O) groups excluding carboxylic acids is 1. The Bertz CT molecular complexity index is 977. The van der Waals surface area contributed by atoms with Gasteiger partial charge in [0.25, 0.3) is 5.91 Å². The first kappa shape index (κ1) is 21.6. The number of carbonyl (C=O) groups is 1. The van der Waals surface area contributed by atoms with Crippen molar-refractivity contribution in [2.45, 2.75) is 26.0 Å². The van der Waals surface area contributed by atoms with E-state index < -0.39 is 0 Å². The van der Waals surface area contributed by atoms with E-state index in [1.165, 1.54) is 14.2 Å². The molecule has 0 radical (unpaired) electrons. The van der Waals surface area contributed by atoms with Crippen LogP contribution in [0.2, 0.25) is 5.02 Å². The van der Waals surface area contributed by atoms with E-state index in [1.807, 2.05) is 12.1 Å². The molecule has 1 aromatic carbocycles. The molecule has 1 aliphatic rings. The Balaban J connectivity index is 1.78. The number of aliphatic imine (C=N–C) groups is 1. The molecule has 0 spiro atoms. The monoisotopic (exact) mass is 430 g/mol. The molecule has 1 unspecified atom stereocenters. The molecular formula is C21H23ClN4O4. The summed E-state index contributed by atoms with van der Waals surface area (Å²) in [4.78, 5) is 25.8. The van der Waals surface area contributed by atoms with E-state index in [0.29, 0.717) is 28.7 Å². The van der Waals surface area contributed by atoms with Crippen LogP contribution in [-0.4, -0.2) is 49.3 Å². The number of benzene rings is 1. The number of ether oxygens (including phenoxy) is 2. The molecule has 2 aromatic rings. The van der Waals surface area contributed by atoms with Crippen LogP contribution in [0.5, 0.6) is 5.88 Å². The van der Waals surface area contributed by atoms with Gasteiger partial charge in [0.05, 0.1) is 11.6 Å². The molecule has 2 heterocycles. The summed E-state index contributed by atoms with van der Waals surface area (Å²) >= 11 is 6.36. The maximum absolute atomic E-state index is 12.2. The smallest absolute Gasteiger partial charge is 0.273 e. The third-order valence-corrected chi connectivity index (χ3v) is 4.77. The molecule has 0 fully saturated rings. The summed E-state index contributed by atoms with van der Waals surface area (Å²) in [5, 5.41) is 6.74. The second kappa shape index (κ2) is 10.1. The third-order valence-electron chi connectivity index (χ3n) is 4.50. The van der Waals surface area contributed by atoms with Crippen molar-refractivity contribution in [1.29, 1.82) is 0 Å². The zero-order chi connectivity index (χ0) is 21.5. The average Bonchev–Trinajstić information content (AvgIpc) is 3.26. The van der Waals surface area contributed by atoms with Gasteiger partial charge in [0, 0.05) is 18.8 Å². The molecule has 0 bridgehead atoms. The van der Waals surface area contributed by atoms with E-state index in [0.717, 1.165) is 12.0 Å². The maximum Gasteiger partial charge on any atom is 0.273 e. The van der Waals surface area contributed by atoms with Gasteiger partial charge in [-0.3, -0.25) is 4.79 Å². The quantitative estimate of drug-likeness (QED) is 0.513. The summed E-state index contributed by atoms with van der Waals surface area (Å²) in [6.07, 6.45) is 2.53. The molecule has 1 aliphatic heterocycles. The van der Waals surface area contributed by atoms with Gasteiger partial charge in [-0.2, -0.15) is 0 Å². The van der Waals surface area contributed by atoms with Gasteiger partial charge in [-0.25, -0.2) is 9.98 Å². The molecule has 30 heavy (non-hydrogen) atoms. The van der Waals surface area contributed by atoms with Crippen LogP contribution in [0.25, 0.3) is 0 Å². The van der Waals surface area contributed by atoms with Crippen molar-refractivity contribution >= 4 is 29.1 Å². The first-order valence-corrected chi connectivity index (χ1v) is 9.86. The van der Waals surface area contributed by atoms with E-state index in [2.05, 4.69) is 27.4 Å². The van der Waals surface area contributed by atoms with Crippen LogP contribution in [0.4, 0.5) is 0 Å². The average molecular weight is 431 g/mol. The highest BCUT2D eigenvalue weighted by Gasteiger charge is 2.21. The van der Waals surface area contributed by atoms with Crippen molar-refractivity contribution in [3.8, 4) is 5.88 Å². The van der Waals surface area contributed by atoms with Crippen molar-refractivity contribution in [3.63, 3.8) is 0 Å². The zero-order valence-electron chi connectivity index (χ0n) is 17.0. The first-order valence-electron chi connectivity index (χ1n) is 9.48. The molecule has 0 saturated carbocycles. The van der Waals surface area contributed by atoms with Gasteiger partial charge in [-0.05, 0) is 18.1 Å². The number of amides is 1. The van der Waals surface area contributed by atoms with Crippen molar-refractivity contribution < 1.29 is 19.1 Å². The Morgan fingerprint density at radius 2 is 2.20 bits per heavy atom. The molecule has 1 atom stereocenters. The molecule has 0 saturated heterocycles. The second-order valence-electron chi connectivity index (χ2n) is 6.47. The summed E-state index contributed by atoms with van der Waals surface area (Å²) in [6, 6.07) is 9.12. The lowest BCUT2D eigenvalue weighted by Gasteiger charge is -2.12. The number of pyridine rings is 1. The number of likely N-dealkylation sites (N-methyl/N-ethyl adjacent to an activating group) is 1. The molecule has 1 amide bonds. The van der Waals surface area contributed by atoms with E-state index >= 15 is 0 Å². The van der Waals surface area contributed by atoms with Crippen LogP contribution >= 0.6 is 11.6 Å². The zero-order valence-corrected chi connectivity index (χ0v) is 17.8. The van der Waals surface area contributed by atoms with Gasteiger partial charge in [0.2, 0.25) is 11.8 Å². The molecule has 0 aliphatic carbocycles. The third kappa shape index (κ3) is 4.88. The van der Waals surface area contributed by atoms with Crippen LogP contribution in [0.1, 0.15) is 30.0 Å². The Hall–Kier alpha value is -3.13. The minimum absolute atomic E-state index is 0.136. The number of nitrogens with zero attached hydrogens (tertiary/aromatic N) is 3.